The van der Waals surface area contributed by atoms with Gasteiger partial charge in [-0.1, -0.05) is 34.6 Å². The van der Waals surface area contributed by atoms with Gasteiger partial charge in [-0.15, -0.1) is 0 Å². The Balaban J connectivity index is 2.00. The SMILES string of the molecule is CC(C)C1(C(C)(C)C)CCC(C(=O)N2CCS(=O)(=O)CC2)CC1. The summed E-state index contributed by atoms with van der Waals surface area (Å²) in [5.41, 5.74) is 0.545. The van der Waals surface area contributed by atoms with E-state index in [0.717, 1.165) is 25.7 Å². The highest BCUT2D eigenvalue weighted by Gasteiger charge is 2.47. The zero-order chi connectivity index (χ0) is 17.5. The lowest BCUT2D eigenvalue weighted by atomic mass is 9.53. The third kappa shape index (κ3) is 3.75. The lowest BCUT2D eigenvalue weighted by molar-refractivity contribution is -0.139. The van der Waals surface area contributed by atoms with Crippen molar-refractivity contribution in [3.8, 4) is 0 Å². The second-order valence-electron chi connectivity index (χ2n) is 8.81. The predicted molar refractivity (Wildman–Crippen MR) is 93.9 cm³/mol. The molecule has 2 rings (SSSR count). The molecular weight excluding hydrogens is 310 g/mol. The fourth-order valence-corrected chi connectivity index (χ4v) is 5.97. The van der Waals surface area contributed by atoms with Gasteiger partial charge in [-0.25, -0.2) is 8.42 Å². The zero-order valence-electron chi connectivity index (χ0n) is 15.4. The van der Waals surface area contributed by atoms with E-state index in [-0.39, 0.29) is 28.7 Å². The Bertz CT molecular complexity index is 523. The molecule has 0 N–H and O–H groups in total. The van der Waals surface area contributed by atoms with Crippen LogP contribution in [0.5, 0.6) is 0 Å². The molecule has 1 amide bonds. The number of rotatable bonds is 2. The van der Waals surface area contributed by atoms with E-state index >= 15 is 0 Å². The van der Waals surface area contributed by atoms with E-state index in [1.165, 1.54) is 0 Å². The van der Waals surface area contributed by atoms with Gasteiger partial charge in [0.15, 0.2) is 9.84 Å². The Kier molecular flexibility index (Phi) is 5.20. The standard InChI is InChI=1S/C18H33NO3S/c1-14(2)18(17(3,4)5)8-6-15(7-9-18)16(20)19-10-12-23(21,22)13-11-19/h14-15H,6-13H2,1-5H3. The monoisotopic (exact) mass is 343 g/mol. The van der Waals surface area contributed by atoms with Gasteiger partial charge in [-0.2, -0.15) is 0 Å². The number of nitrogens with zero attached hydrogens (tertiary/aromatic N) is 1. The summed E-state index contributed by atoms with van der Waals surface area (Å²) >= 11 is 0. The van der Waals surface area contributed by atoms with Gasteiger partial charge < -0.3 is 4.90 Å². The quantitative estimate of drug-likeness (QED) is 0.774. The number of hydrogen-bond acceptors (Lipinski definition) is 3. The minimum Gasteiger partial charge on any atom is -0.340 e. The Morgan fingerprint density at radius 3 is 1.96 bits per heavy atom. The van der Waals surface area contributed by atoms with Gasteiger partial charge in [-0.3, -0.25) is 4.79 Å². The Morgan fingerprint density at radius 1 is 1.09 bits per heavy atom. The summed E-state index contributed by atoms with van der Waals surface area (Å²) in [7, 11) is -2.92. The van der Waals surface area contributed by atoms with Crippen LogP contribution in [0, 0.1) is 22.7 Å². The van der Waals surface area contributed by atoms with Gasteiger partial charge in [-0.05, 0) is 42.4 Å². The molecule has 0 unspecified atom stereocenters. The molecular formula is C18H33NO3S. The van der Waals surface area contributed by atoms with Crippen LogP contribution < -0.4 is 0 Å². The number of carbonyl (C=O) groups excluding carboxylic acids is 1. The lowest BCUT2D eigenvalue weighted by Gasteiger charge is -2.52. The molecule has 0 radical (unpaired) electrons. The predicted octanol–water partition coefficient (Wildman–Crippen LogP) is 3.12. The average molecular weight is 344 g/mol. The van der Waals surface area contributed by atoms with Gasteiger partial charge in [0.05, 0.1) is 11.5 Å². The number of amides is 1. The molecule has 0 aromatic carbocycles. The molecule has 1 heterocycles. The van der Waals surface area contributed by atoms with Crippen molar-refractivity contribution >= 4 is 15.7 Å². The van der Waals surface area contributed by atoms with Crippen molar-refractivity contribution in [3.05, 3.63) is 0 Å². The molecule has 4 nitrogen and oxygen atoms in total. The van der Waals surface area contributed by atoms with Crippen molar-refractivity contribution in [1.29, 1.82) is 0 Å². The molecule has 5 heteroatoms. The summed E-state index contributed by atoms with van der Waals surface area (Å²) < 4.78 is 23.1. The number of hydrogen-bond donors (Lipinski definition) is 0. The second-order valence-corrected chi connectivity index (χ2v) is 11.1. The van der Waals surface area contributed by atoms with E-state index in [4.69, 9.17) is 0 Å². The molecule has 2 fully saturated rings. The highest BCUT2D eigenvalue weighted by molar-refractivity contribution is 7.91. The largest absolute Gasteiger partial charge is 0.340 e. The van der Waals surface area contributed by atoms with E-state index < -0.39 is 9.84 Å². The summed E-state index contributed by atoms with van der Waals surface area (Å²) in [6.07, 6.45) is 4.07. The molecule has 1 aliphatic carbocycles. The Labute approximate surface area is 141 Å². The highest BCUT2D eigenvalue weighted by atomic mass is 32.2. The molecule has 134 valence electrons. The normalized spacial score (nSPS) is 32.1. The van der Waals surface area contributed by atoms with Crippen LogP contribution in [0.1, 0.15) is 60.3 Å². The zero-order valence-corrected chi connectivity index (χ0v) is 16.2. The smallest absolute Gasteiger partial charge is 0.225 e. The minimum atomic E-state index is -2.92. The Morgan fingerprint density at radius 2 is 1.57 bits per heavy atom. The summed E-state index contributed by atoms with van der Waals surface area (Å²) in [5.74, 6) is 1.14. The highest BCUT2D eigenvalue weighted by Crippen LogP contribution is 2.55. The van der Waals surface area contributed by atoms with E-state index in [2.05, 4.69) is 34.6 Å². The topological polar surface area (TPSA) is 54.5 Å². The molecule has 0 bridgehead atoms. The molecule has 2 aliphatic rings. The number of carbonyl (C=O) groups is 1. The molecule has 0 atom stereocenters. The molecule has 23 heavy (non-hydrogen) atoms. The molecule has 1 aliphatic heterocycles. The first-order valence-corrected chi connectivity index (χ1v) is 10.8. The van der Waals surface area contributed by atoms with Crippen molar-refractivity contribution in [2.75, 3.05) is 24.6 Å². The fourth-order valence-electron chi connectivity index (χ4n) is 4.76. The van der Waals surface area contributed by atoms with Crippen LogP contribution in [-0.4, -0.2) is 43.8 Å². The molecule has 0 aromatic heterocycles. The van der Waals surface area contributed by atoms with Crippen molar-refractivity contribution in [2.45, 2.75) is 60.3 Å². The van der Waals surface area contributed by atoms with Crippen molar-refractivity contribution in [2.24, 2.45) is 22.7 Å². The van der Waals surface area contributed by atoms with Crippen LogP contribution in [0.3, 0.4) is 0 Å². The van der Waals surface area contributed by atoms with Crippen LogP contribution in [0.25, 0.3) is 0 Å². The third-order valence-corrected chi connectivity index (χ3v) is 8.09. The maximum absolute atomic E-state index is 12.7. The first kappa shape index (κ1) is 18.8. The summed E-state index contributed by atoms with van der Waals surface area (Å²) in [4.78, 5) is 14.5. The Hall–Kier alpha value is -0.580. The lowest BCUT2D eigenvalue weighted by Crippen LogP contribution is -2.49. The maximum Gasteiger partial charge on any atom is 0.225 e. The second kappa shape index (κ2) is 6.38. The van der Waals surface area contributed by atoms with Gasteiger partial charge in [0, 0.05) is 19.0 Å². The van der Waals surface area contributed by atoms with Crippen LogP contribution in [0.2, 0.25) is 0 Å². The van der Waals surface area contributed by atoms with Crippen molar-refractivity contribution in [3.63, 3.8) is 0 Å². The van der Waals surface area contributed by atoms with Crippen LogP contribution in [0.4, 0.5) is 0 Å². The molecule has 1 saturated carbocycles. The van der Waals surface area contributed by atoms with Crippen LogP contribution in [-0.2, 0) is 14.6 Å². The van der Waals surface area contributed by atoms with Gasteiger partial charge in [0.2, 0.25) is 5.91 Å². The van der Waals surface area contributed by atoms with Crippen LogP contribution >= 0.6 is 0 Å². The van der Waals surface area contributed by atoms with E-state index in [0.29, 0.717) is 24.4 Å². The summed E-state index contributed by atoms with van der Waals surface area (Å²) in [5, 5.41) is 0. The third-order valence-electron chi connectivity index (χ3n) is 6.48. The van der Waals surface area contributed by atoms with Gasteiger partial charge in [0.25, 0.3) is 0 Å². The average Bonchev–Trinajstić information content (AvgIpc) is 2.45. The van der Waals surface area contributed by atoms with E-state index in [1.807, 2.05) is 0 Å². The van der Waals surface area contributed by atoms with E-state index in [1.54, 1.807) is 4.90 Å². The first-order valence-electron chi connectivity index (χ1n) is 8.98. The fraction of sp³-hybridized carbons (Fsp3) is 0.944. The number of sulfone groups is 1. The maximum atomic E-state index is 12.7. The summed E-state index contributed by atoms with van der Waals surface area (Å²) in [6, 6.07) is 0. The summed E-state index contributed by atoms with van der Waals surface area (Å²) in [6.45, 7) is 12.4. The van der Waals surface area contributed by atoms with E-state index in [9.17, 15) is 13.2 Å². The first-order chi connectivity index (χ1) is 10.5. The molecule has 0 aromatic rings. The van der Waals surface area contributed by atoms with Crippen LogP contribution in [0.15, 0.2) is 0 Å². The van der Waals surface area contributed by atoms with Gasteiger partial charge in [0.1, 0.15) is 0 Å². The van der Waals surface area contributed by atoms with Crippen molar-refractivity contribution < 1.29 is 13.2 Å². The van der Waals surface area contributed by atoms with Gasteiger partial charge >= 0.3 is 0 Å². The minimum absolute atomic E-state index is 0.0880. The molecule has 1 saturated heterocycles. The van der Waals surface area contributed by atoms with Crippen molar-refractivity contribution in [1.82, 2.24) is 4.90 Å². The molecule has 0 spiro atoms.